The zero-order valence-corrected chi connectivity index (χ0v) is 22.1. The lowest BCUT2D eigenvalue weighted by Gasteiger charge is -2.25. The highest BCUT2D eigenvalue weighted by molar-refractivity contribution is 6.12. The van der Waals surface area contributed by atoms with E-state index in [0.717, 1.165) is 59.6 Å². The van der Waals surface area contributed by atoms with Gasteiger partial charge in [0, 0.05) is 31.4 Å². The van der Waals surface area contributed by atoms with Gasteiger partial charge in [-0.3, -0.25) is 4.79 Å². The number of benzene rings is 3. The number of hydrogen-bond donors (Lipinski definition) is 0. The molecule has 4 heteroatoms. The molecule has 3 aromatic rings. The van der Waals surface area contributed by atoms with Gasteiger partial charge in [0.1, 0.15) is 0 Å². The zero-order valence-electron chi connectivity index (χ0n) is 22.1. The third kappa shape index (κ3) is 7.14. The van der Waals surface area contributed by atoms with Crippen LogP contribution >= 0.6 is 0 Å². The first-order valence-electron chi connectivity index (χ1n) is 12.3. The van der Waals surface area contributed by atoms with Crippen LogP contribution in [0.2, 0.25) is 0 Å². The van der Waals surface area contributed by atoms with Crippen LogP contribution in [0.1, 0.15) is 33.5 Å². The number of ketones is 1. The third-order valence-corrected chi connectivity index (χ3v) is 6.24. The van der Waals surface area contributed by atoms with Gasteiger partial charge in [-0.15, -0.1) is 0 Å². The largest absolute Gasteiger partial charge is 0.374 e. The Morgan fingerprint density at radius 2 is 1.49 bits per heavy atom. The van der Waals surface area contributed by atoms with Crippen molar-refractivity contribution < 1.29 is 4.79 Å². The number of allylic oxidation sites excluding steroid dienone is 1. The molecule has 0 bridgehead atoms. The Morgan fingerprint density at radius 3 is 2.17 bits per heavy atom. The standard InChI is InChI=1S/C31H39N3O/c1-24-28(26-14-8-7-9-15-26)18-19-29(34(6)22-12-21-32(2)3)31(24)30(35)20-17-25-13-10-11-16-27(25)23-33(4)5/h7-11,13-20H,12,21-23H2,1-6H3. The van der Waals surface area contributed by atoms with E-state index in [1.54, 1.807) is 6.08 Å². The van der Waals surface area contributed by atoms with E-state index < -0.39 is 0 Å². The minimum absolute atomic E-state index is 0.0365. The van der Waals surface area contributed by atoms with Crippen molar-refractivity contribution in [2.24, 2.45) is 0 Å². The Bertz CT molecular complexity index is 1150. The van der Waals surface area contributed by atoms with Gasteiger partial charge in [0.2, 0.25) is 0 Å². The fourth-order valence-electron chi connectivity index (χ4n) is 4.43. The molecular weight excluding hydrogens is 430 g/mol. The molecule has 0 amide bonds. The van der Waals surface area contributed by atoms with Gasteiger partial charge in [0.05, 0.1) is 0 Å². The number of hydrogen-bond acceptors (Lipinski definition) is 4. The first-order chi connectivity index (χ1) is 16.8. The fraction of sp³-hybridized carbons (Fsp3) is 0.323. The van der Waals surface area contributed by atoms with Crippen LogP contribution in [0.3, 0.4) is 0 Å². The molecule has 0 aliphatic carbocycles. The summed E-state index contributed by atoms with van der Waals surface area (Å²) in [6.45, 7) is 4.80. The summed E-state index contributed by atoms with van der Waals surface area (Å²) in [5.41, 5.74) is 7.29. The monoisotopic (exact) mass is 469 g/mol. The predicted octanol–water partition coefficient (Wildman–Crippen LogP) is 6.01. The molecule has 3 aromatic carbocycles. The maximum absolute atomic E-state index is 13.7. The van der Waals surface area contributed by atoms with E-state index in [4.69, 9.17) is 0 Å². The van der Waals surface area contributed by atoms with Crippen molar-refractivity contribution in [2.45, 2.75) is 19.9 Å². The molecule has 0 fully saturated rings. The third-order valence-electron chi connectivity index (χ3n) is 6.24. The highest BCUT2D eigenvalue weighted by atomic mass is 16.1. The summed E-state index contributed by atoms with van der Waals surface area (Å²) in [5, 5.41) is 0. The van der Waals surface area contributed by atoms with Crippen LogP contribution < -0.4 is 4.90 Å². The molecule has 0 N–H and O–H groups in total. The van der Waals surface area contributed by atoms with Gasteiger partial charge in [-0.05, 0) is 88.0 Å². The van der Waals surface area contributed by atoms with Crippen molar-refractivity contribution in [3.63, 3.8) is 0 Å². The summed E-state index contributed by atoms with van der Waals surface area (Å²) in [5.74, 6) is 0.0365. The van der Waals surface area contributed by atoms with Gasteiger partial charge in [-0.25, -0.2) is 0 Å². The molecule has 0 aromatic heterocycles. The van der Waals surface area contributed by atoms with Gasteiger partial charge in [0.25, 0.3) is 0 Å². The molecule has 35 heavy (non-hydrogen) atoms. The summed E-state index contributed by atoms with van der Waals surface area (Å²) < 4.78 is 0. The summed E-state index contributed by atoms with van der Waals surface area (Å²) in [6, 6.07) is 22.8. The van der Waals surface area contributed by atoms with Gasteiger partial charge >= 0.3 is 0 Å². The second-order valence-electron chi connectivity index (χ2n) is 9.71. The van der Waals surface area contributed by atoms with Crippen LogP contribution in [0.25, 0.3) is 17.2 Å². The van der Waals surface area contributed by atoms with Gasteiger partial charge in [-0.2, -0.15) is 0 Å². The smallest absolute Gasteiger partial charge is 0.188 e. The lowest BCUT2D eigenvalue weighted by Crippen LogP contribution is -2.25. The van der Waals surface area contributed by atoms with E-state index in [0.29, 0.717) is 0 Å². The molecule has 0 saturated carbocycles. The summed E-state index contributed by atoms with van der Waals surface area (Å²) in [4.78, 5) is 20.3. The first kappa shape index (κ1) is 26.4. The Hall–Kier alpha value is -3.21. The lowest BCUT2D eigenvalue weighted by molar-refractivity contribution is 0.104. The van der Waals surface area contributed by atoms with Gasteiger partial charge < -0.3 is 14.7 Å². The molecule has 0 heterocycles. The molecule has 184 valence electrons. The Labute approximate surface area is 211 Å². The zero-order chi connectivity index (χ0) is 25.4. The Kier molecular flexibility index (Phi) is 9.41. The molecule has 0 saturated heterocycles. The topological polar surface area (TPSA) is 26.8 Å². The molecule has 0 aliphatic rings. The van der Waals surface area contributed by atoms with Crippen LogP contribution in [0.15, 0.2) is 72.8 Å². The second kappa shape index (κ2) is 12.5. The normalized spacial score (nSPS) is 11.5. The maximum atomic E-state index is 13.7. The lowest BCUT2D eigenvalue weighted by atomic mass is 9.92. The SMILES string of the molecule is Cc1c(-c2ccccc2)ccc(N(C)CCCN(C)C)c1C(=O)C=Cc1ccccc1CN(C)C. The number of nitrogens with zero attached hydrogens (tertiary/aromatic N) is 3. The number of carbonyl (C=O) groups excluding carboxylic acids is 1. The van der Waals surface area contributed by atoms with Gasteiger partial charge in [-0.1, -0.05) is 66.7 Å². The molecule has 0 aliphatic heterocycles. The molecule has 0 unspecified atom stereocenters. The summed E-state index contributed by atoms with van der Waals surface area (Å²) in [7, 11) is 10.4. The predicted molar refractivity (Wildman–Crippen MR) is 150 cm³/mol. The molecule has 0 spiro atoms. The molecular formula is C31H39N3O. The minimum Gasteiger partial charge on any atom is -0.374 e. The van der Waals surface area contributed by atoms with Crippen LogP contribution in [0, 0.1) is 6.92 Å². The summed E-state index contributed by atoms with van der Waals surface area (Å²) in [6.07, 6.45) is 4.73. The summed E-state index contributed by atoms with van der Waals surface area (Å²) >= 11 is 0. The highest BCUT2D eigenvalue weighted by Gasteiger charge is 2.19. The van der Waals surface area contributed by atoms with Crippen LogP contribution in [-0.4, -0.2) is 63.9 Å². The molecule has 0 radical (unpaired) electrons. The maximum Gasteiger partial charge on any atom is 0.188 e. The number of carbonyl (C=O) groups is 1. The van der Waals surface area contributed by atoms with Crippen molar-refractivity contribution in [3.8, 4) is 11.1 Å². The second-order valence-corrected chi connectivity index (χ2v) is 9.71. The first-order valence-corrected chi connectivity index (χ1v) is 12.3. The van der Waals surface area contributed by atoms with E-state index in [1.807, 2.05) is 36.4 Å². The molecule has 0 atom stereocenters. The quantitative estimate of drug-likeness (QED) is 0.254. The van der Waals surface area contributed by atoms with Crippen molar-refractivity contribution in [2.75, 3.05) is 53.2 Å². The van der Waals surface area contributed by atoms with Crippen molar-refractivity contribution in [1.82, 2.24) is 9.80 Å². The molecule has 3 rings (SSSR count). The number of anilines is 1. The Balaban J connectivity index is 2.00. The Morgan fingerprint density at radius 1 is 0.800 bits per heavy atom. The van der Waals surface area contributed by atoms with E-state index >= 15 is 0 Å². The van der Waals surface area contributed by atoms with Crippen molar-refractivity contribution in [3.05, 3.63) is 95.1 Å². The highest BCUT2D eigenvalue weighted by Crippen LogP contribution is 2.33. The average Bonchev–Trinajstić information content (AvgIpc) is 2.83. The van der Waals surface area contributed by atoms with Crippen molar-refractivity contribution in [1.29, 1.82) is 0 Å². The minimum atomic E-state index is 0.0365. The van der Waals surface area contributed by atoms with Crippen LogP contribution in [0.4, 0.5) is 5.69 Å². The van der Waals surface area contributed by atoms with Gasteiger partial charge in [0.15, 0.2) is 5.78 Å². The van der Waals surface area contributed by atoms with Crippen LogP contribution in [0.5, 0.6) is 0 Å². The van der Waals surface area contributed by atoms with E-state index in [2.05, 4.69) is 93.3 Å². The fourth-order valence-corrected chi connectivity index (χ4v) is 4.43. The van der Waals surface area contributed by atoms with E-state index in [9.17, 15) is 4.79 Å². The average molecular weight is 470 g/mol. The van der Waals surface area contributed by atoms with Crippen molar-refractivity contribution >= 4 is 17.5 Å². The van der Waals surface area contributed by atoms with Crippen LogP contribution in [-0.2, 0) is 6.54 Å². The molecule has 4 nitrogen and oxygen atoms in total. The van der Waals surface area contributed by atoms with E-state index in [-0.39, 0.29) is 5.78 Å². The number of rotatable bonds is 11. The van der Waals surface area contributed by atoms with E-state index in [1.165, 1.54) is 5.56 Å².